The first-order valence-electron chi connectivity index (χ1n) is 6.39. The van der Waals surface area contributed by atoms with Crippen LogP contribution in [0.1, 0.15) is 36.5 Å². The van der Waals surface area contributed by atoms with E-state index in [0.717, 1.165) is 24.7 Å². The van der Waals surface area contributed by atoms with Gasteiger partial charge in [0.15, 0.2) is 0 Å². The van der Waals surface area contributed by atoms with Crippen molar-refractivity contribution in [2.24, 2.45) is 5.92 Å². The van der Waals surface area contributed by atoms with E-state index in [-0.39, 0.29) is 5.56 Å². The van der Waals surface area contributed by atoms with Crippen molar-refractivity contribution in [3.05, 3.63) is 28.8 Å². The van der Waals surface area contributed by atoms with Gasteiger partial charge in [0.2, 0.25) is 0 Å². The average Bonchev–Trinajstić information content (AvgIpc) is 2.29. The minimum absolute atomic E-state index is 0.239. The summed E-state index contributed by atoms with van der Waals surface area (Å²) in [5.41, 5.74) is 1.18. The van der Waals surface area contributed by atoms with Crippen molar-refractivity contribution in [1.29, 1.82) is 0 Å². The Bertz CT molecular complexity index is 443. The molecule has 0 aliphatic heterocycles. The molecule has 0 atom stereocenters. The molecular weight excluding hydrogens is 250 g/mol. The topological polar surface area (TPSA) is 40.5 Å². The Hall–Kier alpha value is -1.22. The number of hydrogen-bond acceptors (Lipinski definition) is 2. The second kappa shape index (κ2) is 5.61. The number of rotatable bonds is 5. The van der Waals surface area contributed by atoms with Gasteiger partial charge in [-0.3, -0.25) is 0 Å². The Kier molecular flexibility index (Phi) is 4.12. The lowest BCUT2D eigenvalue weighted by Crippen LogP contribution is -2.32. The van der Waals surface area contributed by atoms with Gasteiger partial charge in [-0.15, -0.1) is 0 Å². The second-order valence-electron chi connectivity index (χ2n) is 4.81. The van der Waals surface area contributed by atoms with Gasteiger partial charge in [-0.05, 0) is 43.9 Å². The Morgan fingerprint density at radius 3 is 2.67 bits per heavy atom. The van der Waals surface area contributed by atoms with Gasteiger partial charge >= 0.3 is 5.97 Å². The Labute approximate surface area is 112 Å². The van der Waals surface area contributed by atoms with Crippen LogP contribution in [0, 0.1) is 5.92 Å². The van der Waals surface area contributed by atoms with Crippen molar-refractivity contribution in [1.82, 2.24) is 0 Å². The van der Waals surface area contributed by atoms with Gasteiger partial charge in [0.25, 0.3) is 0 Å². The van der Waals surface area contributed by atoms with Crippen molar-refractivity contribution in [2.75, 3.05) is 18.0 Å². The first-order chi connectivity index (χ1) is 8.61. The quantitative estimate of drug-likeness (QED) is 0.885. The fourth-order valence-corrected chi connectivity index (χ4v) is 2.58. The maximum absolute atomic E-state index is 10.9. The van der Waals surface area contributed by atoms with Crippen molar-refractivity contribution >= 4 is 23.3 Å². The smallest absolute Gasteiger partial charge is 0.335 e. The number of carboxylic acids is 1. The van der Waals surface area contributed by atoms with E-state index in [9.17, 15) is 4.79 Å². The highest BCUT2D eigenvalue weighted by Crippen LogP contribution is 2.32. The number of nitrogens with zero attached hydrogens (tertiary/aromatic N) is 1. The van der Waals surface area contributed by atoms with E-state index in [0.29, 0.717) is 5.02 Å². The lowest BCUT2D eigenvalue weighted by Gasteiger charge is -2.33. The monoisotopic (exact) mass is 267 g/mol. The average molecular weight is 268 g/mol. The van der Waals surface area contributed by atoms with Crippen LogP contribution in [0.4, 0.5) is 5.69 Å². The fraction of sp³-hybridized carbons (Fsp3) is 0.500. The SMILES string of the molecule is CCN(CC1CCC1)c1ccc(C(=O)O)cc1Cl. The van der Waals surface area contributed by atoms with Gasteiger partial charge in [0, 0.05) is 13.1 Å². The van der Waals surface area contributed by atoms with Crippen LogP contribution < -0.4 is 4.90 Å². The third-order valence-corrected chi connectivity index (χ3v) is 3.92. The highest BCUT2D eigenvalue weighted by molar-refractivity contribution is 6.33. The summed E-state index contributed by atoms with van der Waals surface area (Å²) >= 11 is 6.19. The minimum Gasteiger partial charge on any atom is -0.478 e. The zero-order chi connectivity index (χ0) is 13.1. The number of carboxylic acid groups (broad SMARTS) is 1. The van der Waals surface area contributed by atoms with Crippen LogP contribution in [0.2, 0.25) is 5.02 Å². The lowest BCUT2D eigenvalue weighted by atomic mass is 9.85. The number of hydrogen-bond donors (Lipinski definition) is 1. The summed E-state index contributed by atoms with van der Waals surface area (Å²) in [5.74, 6) is -0.175. The Balaban J connectivity index is 2.16. The standard InChI is InChI=1S/C14H18ClNO2/c1-2-16(9-10-4-3-5-10)13-7-6-11(14(17)18)8-12(13)15/h6-8,10H,2-5,9H2,1H3,(H,17,18). The van der Waals surface area contributed by atoms with E-state index in [2.05, 4.69) is 11.8 Å². The molecule has 0 heterocycles. The third-order valence-electron chi connectivity index (χ3n) is 3.62. The molecule has 4 heteroatoms. The number of aromatic carboxylic acids is 1. The lowest BCUT2D eigenvalue weighted by molar-refractivity contribution is 0.0697. The van der Waals surface area contributed by atoms with Crippen molar-refractivity contribution in [2.45, 2.75) is 26.2 Å². The molecule has 0 unspecified atom stereocenters. The number of anilines is 1. The molecule has 1 fully saturated rings. The van der Waals surface area contributed by atoms with Crippen molar-refractivity contribution in [3.8, 4) is 0 Å². The van der Waals surface area contributed by atoms with E-state index < -0.39 is 5.97 Å². The summed E-state index contributed by atoms with van der Waals surface area (Å²) in [4.78, 5) is 13.1. The maximum atomic E-state index is 10.9. The zero-order valence-corrected chi connectivity index (χ0v) is 11.3. The van der Waals surface area contributed by atoms with Crippen LogP contribution in [-0.4, -0.2) is 24.2 Å². The van der Waals surface area contributed by atoms with E-state index >= 15 is 0 Å². The van der Waals surface area contributed by atoms with Crippen LogP contribution >= 0.6 is 11.6 Å². The zero-order valence-electron chi connectivity index (χ0n) is 10.5. The van der Waals surface area contributed by atoms with Crippen LogP contribution in [0.15, 0.2) is 18.2 Å². The third kappa shape index (κ3) is 2.78. The van der Waals surface area contributed by atoms with Gasteiger partial charge in [-0.2, -0.15) is 0 Å². The van der Waals surface area contributed by atoms with E-state index in [4.69, 9.17) is 16.7 Å². The predicted molar refractivity (Wildman–Crippen MR) is 73.6 cm³/mol. The van der Waals surface area contributed by atoms with Crippen LogP contribution in [0.25, 0.3) is 0 Å². The molecule has 1 aliphatic rings. The molecule has 18 heavy (non-hydrogen) atoms. The molecule has 0 radical (unpaired) electrons. The molecule has 0 aromatic heterocycles. The van der Waals surface area contributed by atoms with Crippen LogP contribution in [0.5, 0.6) is 0 Å². The molecular formula is C14H18ClNO2. The summed E-state index contributed by atoms with van der Waals surface area (Å²) in [6, 6.07) is 4.96. The molecule has 1 aromatic rings. The number of halogens is 1. The fourth-order valence-electron chi connectivity index (χ4n) is 2.28. The van der Waals surface area contributed by atoms with E-state index in [1.165, 1.54) is 25.3 Å². The van der Waals surface area contributed by atoms with E-state index in [1.54, 1.807) is 6.07 Å². The summed E-state index contributed by atoms with van der Waals surface area (Å²) in [6.45, 7) is 4.01. The molecule has 3 nitrogen and oxygen atoms in total. The van der Waals surface area contributed by atoms with Gasteiger partial charge in [-0.1, -0.05) is 18.0 Å². The van der Waals surface area contributed by atoms with Crippen molar-refractivity contribution < 1.29 is 9.90 Å². The molecule has 0 amide bonds. The number of carbonyl (C=O) groups is 1. The summed E-state index contributed by atoms with van der Waals surface area (Å²) in [5, 5.41) is 9.44. The van der Waals surface area contributed by atoms with Gasteiger partial charge in [0.1, 0.15) is 0 Å². The number of benzene rings is 1. The highest BCUT2D eigenvalue weighted by Gasteiger charge is 2.21. The summed E-state index contributed by atoms with van der Waals surface area (Å²) < 4.78 is 0. The Morgan fingerprint density at radius 1 is 1.50 bits per heavy atom. The first kappa shape index (κ1) is 13.2. The molecule has 1 aliphatic carbocycles. The predicted octanol–water partition coefficient (Wildman–Crippen LogP) is 3.66. The maximum Gasteiger partial charge on any atom is 0.335 e. The molecule has 1 N–H and O–H groups in total. The molecule has 1 saturated carbocycles. The van der Waals surface area contributed by atoms with Gasteiger partial charge < -0.3 is 10.0 Å². The molecule has 98 valence electrons. The van der Waals surface area contributed by atoms with Gasteiger partial charge in [0.05, 0.1) is 16.3 Å². The van der Waals surface area contributed by atoms with E-state index in [1.807, 2.05) is 6.07 Å². The highest BCUT2D eigenvalue weighted by atomic mass is 35.5. The van der Waals surface area contributed by atoms with Gasteiger partial charge in [-0.25, -0.2) is 4.79 Å². The van der Waals surface area contributed by atoms with Crippen LogP contribution in [0.3, 0.4) is 0 Å². The second-order valence-corrected chi connectivity index (χ2v) is 5.21. The molecule has 0 bridgehead atoms. The normalized spacial score (nSPS) is 15.2. The summed E-state index contributed by atoms with van der Waals surface area (Å²) in [7, 11) is 0. The molecule has 2 rings (SSSR count). The summed E-state index contributed by atoms with van der Waals surface area (Å²) in [6.07, 6.45) is 3.91. The van der Waals surface area contributed by atoms with Crippen molar-refractivity contribution in [3.63, 3.8) is 0 Å². The van der Waals surface area contributed by atoms with Crippen LogP contribution in [-0.2, 0) is 0 Å². The minimum atomic E-state index is -0.939. The Morgan fingerprint density at radius 2 is 2.22 bits per heavy atom. The molecule has 0 spiro atoms. The molecule has 1 aromatic carbocycles. The molecule has 0 saturated heterocycles. The first-order valence-corrected chi connectivity index (χ1v) is 6.77. The largest absolute Gasteiger partial charge is 0.478 e.